The Morgan fingerprint density at radius 3 is 2.47 bits per heavy atom. The maximum Gasteiger partial charge on any atom is 0.222 e. The first-order valence-electron chi connectivity index (χ1n) is 4.21. The fraction of sp³-hybridized carbons (Fsp3) is 0.429. The van der Waals surface area contributed by atoms with Gasteiger partial charge in [0.1, 0.15) is 0 Å². The van der Waals surface area contributed by atoms with E-state index < -0.39 is 10.0 Å². The highest BCUT2D eigenvalue weighted by Gasteiger charge is 2.11. The van der Waals surface area contributed by atoms with Crippen molar-refractivity contribution in [2.45, 2.75) is 13.0 Å². The van der Waals surface area contributed by atoms with Gasteiger partial charge in [-0.1, -0.05) is 0 Å². The van der Waals surface area contributed by atoms with Gasteiger partial charge in [-0.25, -0.2) is 23.5 Å². The second-order valence-electron chi connectivity index (χ2n) is 3.21. The van der Waals surface area contributed by atoms with Crippen LogP contribution in [0.4, 0.5) is 11.6 Å². The van der Waals surface area contributed by atoms with E-state index in [2.05, 4.69) is 15.3 Å². The van der Waals surface area contributed by atoms with Crippen molar-refractivity contribution < 1.29 is 8.42 Å². The smallest absolute Gasteiger partial charge is 0.222 e. The topological polar surface area (TPSA) is 124 Å². The Kier molecular flexibility index (Phi) is 3.43. The average Bonchev–Trinajstić information content (AvgIpc) is 2.05. The summed E-state index contributed by atoms with van der Waals surface area (Å²) in [6.45, 7) is 1.67. The van der Waals surface area contributed by atoms with Crippen LogP contribution in [0.5, 0.6) is 0 Å². The summed E-state index contributed by atoms with van der Waals surface area (Å²) in [4.78, 5) is 7.73. The van der Waals surface area contributed by atoms with Crippen LogP contribution in [0, 0.1) is 0 Å². The lowest BCUT2D eigenvalue weighted by Crippen LogP contribution is -2.30. The average molecular weight is 231 g/mol. The molecule has 0 radical (unpaired) electrons. The standard InChI is InChI=1S/C7H13N5O2S/c1-5(4-15(9,13)14)12-7-10-2-6(8)3-11-7/h2-3,5H,4,8H2,1H3,(H2,9,13,14)(H,10,11,12)/t5-/m1/s1. The van der Waals surface area contributed by atoms with Gasteiger partial charge in [0.15, 0.2) is 0 Å². The van der Waals surface area contributed by atoms with E-state index in [0.717, 1.165) is 0 Å². The lowest BCUT2D eigenvalue weighted by Gasteiger charge is -2.11. The van der Waals surface area contributed by atoms with Crippen LogP contribution in [0.25, 0.3) is 0 Å². The Labute approximate surface area is 88.0 Å². The van der Waals surface area contributed by atoms with Gasteiger partial charge in [-0.2, -0.15) is 0 Å². The highest BCUT2D eigenvalue weighted by molar-refractivity contribution is 7.89. The minimum Gasteiger partial charge on any atom is -0.396 e. The van der Waals surface area contributed by atoms with Crippen molar-refractivity contribution in [3.8, 4) is 0 Å². The van der Waals surface area contributed by atoms with Gasteiger partial charge in [-0.15, -0.1) is 0 Å². The SMILES string of the molecule is C[C@H](CS(N)(=O)=O)Nc1ncc(N)cn1. The van der Waals surface area contributed by atoms with Crippen molar-refractivity contribution >= 4 is 21.7 Å². The second-order valence-corrected chi connectivity index (χ2v) is 4.87. The van der Waals surface area contributed by atoms with Crippen molar-refractivity contribution in [1.82, 2.24) is 9.97 Å². The summed E-state index contributed by atoms with van der Waals surface area (Å²) < 4.78 is 21.5. The molecule has 1 atom stereocenters. The first kappa shape index (κ1) is 11.7. The molecule has 0 bridgehead atoms. The minimum absolute atomic E-state index is 0.180. The summed E-state index contributed by atoms with van der Waals surface area (Å²) >= 11 is 0. The van der Waals surface area contributed by atoms with Gasteiger partial charge in [-0.3, -0.25) is 0 Å². The Morgan fingerprint density at radius 1 is 1.47 bits per heavy atom. The predicted molar refractivity (Wildman–Crippen MR) is 57.5 cm³/mol. The van der Waals surface area contributed by atoms with Gasteiger partial charge in [0, 0.05) is 6.04 Å². The molecule has 0 aromatic carbocycles. The van der Waals surface area contributed by atoms with Crippen LogP contribution in [-0.4, -0.2) is 30.2 Å². The first-order chi connectivity index (χ1) is 6.87. The van der Waals surface area contributed by atoms with Crippen molar-refractivity contribution in [3.63, 3.8) is 0 Å². The van der Waals surface area contributed by atoms with Crippen molar-refractivity contribution in [1.29, 1.82) is 0 Å². The zero-order valence-corrected chi connectivity index (χ0v) is 9.03. The molecule has 0 aliphatic heterocycles. The number of sulfonamides is 1. The molecule has 0 aliphatic rings. The predicted octanol–water partition coefficient (Wildman–Crippen LogP) is -0.852. The van der Waals surface area contributed by atoms with Crippen molar-refractivity contribution in [3.05, 3.63) is 12.4 Å². The van der Waals surface area contributed by atoms with E-state index in [1.54, 1.807) is 6.92 Å². The Balaban J connectivity index is 2.59. The number of primary sulfonamides is 1. The van der Waals surface area contributed by atoms with E-state index in [1.165, 1.54) is 12.4 Å². The van der Waals surface area contributed by atoms with E-state index in [9.17, 15) is 8.42 Å². The summed E-state index contributed by atoms with van der Waals surface area (Å²) in [5.41, 5.74) is 5.83. The lowest BCUT2D eigenvalue weighted by molar-refractivity contribution is 0.593. The van der Waals surface area contributed by atoms with Crippen molar-refractivity contribution in [2.75, 3.05) is 16.8 Å². The number of nitrogen functional groups attached to an aromatic ring is 1. The lowest BCUT2D eigenvalue weighted by atomic mass is 10.4. The second kappa shape index (κ2) is 4.41. The van der Waals surface area contributed by atoms with Crippen LogP contribution in [0.15, 0.2) is 12.4 Å². The van der Waals surface area contributed by atoms with Gasteiger partial charge in [0.25, 0.3) is 0 Å². The third-order valence-electron chi connectivity index (χ3n) is 1.53. The zero-order chi connectivity index (χ0) is 11.5. The number of aromatic nitrogens is 2. The minimum atomic E-state index is -3.49. The molecule has 0 unspecified atom stereocenters. The number of nitrogens with zero attached hydrogens (tertiary/aromatic N) is 2. The molecular weight excluding hydrogens is 218 g/mol. The van der Waals surface area contributed by atoms with Crippen LogP contribution in [0.3, 0.4) is 0 Å². The molecule has 5 N–H and O–H groups in total. The fourth-order valence-corrected chi connectivity index (χ4v) is 1.80. The number of rotatable bonds is 4. The Bertz CT molecular complexity index is 416. The molecule has 7 nitrogen and oxygen atoms in total. The van der Waals surface area contributed by atoms with Gasteiger partial charge >= 0.3 is 0 Å². The molecule has 0 amide bonds. The maximum absolute atomic E-state index is 10.8. The quantitative estimate of drug-likeness (QED) is 0.620. The molecule has 15 heavy (non-hydrogen) atoms. The van der Waals surface area contributed by atoms with E-state index in [4.69, 9.17) is 10.9 Å². The number of nitrogens with one attached hydrogen (secondary N) is 1. The summed E-state index contributed by atoms with van der Waals surface area (Å²) in [7, 11) is -3.49. The molecule has 0 fully saturated rings. The number of anilines is 2. The van der Waals surface area contributed by atoms with Crippen LogP contribution >= 0.6 is 0 Å². The van der Waals surface area contributed by atoms with Gasteiger partial charge in [-0.05, 0) is 6.92 Å². The summed E-state index contributed by atoms with van der Waals surface area (Å²) in [5.74, 6) is 0.140. The van der Waals surface area contributed by atoms with Crippen LogP contribution in [-0.2, 0) is 10.0 Å². The van der Waals surface area contributed by atoms with Crippen LogP contribution < -0.4 is 16.2 Å². The molecule has 1 heterocycles. The van der Waals surface area contributed by atoms with Gasteiger partial charge in [0.05, 0.1) is 23.8 Å². The fourth-order valence-electron chi connectivity index (χ4n) is 1.02. The summed E-state index contributed by atoms with van der Waals surface area (Å²) in [5, 5.41) is 7.67. The highest BCUT2D eigenvalue weighted by Crippen LogP contribution is 2.03. The number of nitrogens with two attached hydrogens (primary N) is 2. The molecule has 0 spiro atoms. The van der Waals surface area contributed by atoms with E-state index >= 15 is 0 Å². The zero-order valence-electron chi connectivity index (χ0n) is 8.21. The maximum atomic E-state index is 10.8. The third kappa shape index (κ3) is 4.56. The third-order valence-corrected chi connectivity index (χ3v) is 2.49. The highest BCUT2D eigenvalue weighted by atomic mass is 32.2. The van der Waals surface area contributed by atoms with Crippen LogP contribution in [0.1, 0.15) is 6.92 Å². The van der Waals surface area contributed by atoms with Gasteiger partial charge in [0.2, 0.25) is 16.0 Å². The van der Waals surface area contributed by atoms with Crippen molar-refractivity contribution in [2.24, 2.45) is 5.14 Å². The molecule has 1 aromatic heterocycles. The van der Waals surface area contributed by atoms with Crippen LogP contribution in [0.2, 0.25) is 0 Å². The van der Waals surface area contributed by atoms with E-state index in [-0.39, 0.29) is 11.8 Å². The molecule has 1 aromatic rings. The van der Waals surface area contributed by atoms with Gasteiger partial charge < -0.3 is 11.1 Å². The molecule has 1 rings (SSSR count). The summed E-state index contributed by atoms with van der Waals surface area (Å²) in [6, 6.07) is -0.358. The van der Waals surface area contributed by atoms with E-state index in [1.807, 2.05) is 0 Å². The molecule has 8 heteroatoms. The molecule has 0 aliphatic carbocycles. The summed E-state index contributed by atoms with van der Waals surface area (Å²) in [6.07, 6.45) is 2.86. The number of hydrogen-bond donors (Lipinski definition) is 3. The molecule has 0 saturated heterocycles. The normalized spacial score (nSPS) is 13.5. The monoisotopic (exact) mass is 231 g/mol. The largest absolute Gasteiger partial charge is 0.396 e. The number of hydrogen-bond acceptors (Lipinski definition) is 6. The molecular formula is C7H13N5O2S. The molecule has 0 saturated carbocycles. The Hall–Kier alpha value is -1.41. The van der Waals surface area contributed by atoms with E-state index in [0.29, 0.717) is 11.6 Å². The first-order valence-corrected chi connectivity index (χ1v) is 5.93. The Morgan fingerprint density at radius 2 is 2.00 bits per heavy atom. The molecule has 84 valence electrons.